The Morgan fingerprint density at radius 3 is 2.67 bits per heavy atom. The number of carbonyl (C=O) groups is 1. The van der Waals surface area contributed by atoms with Gasteiger partial charge in [-0.05, 0) is 31.0 Å². The maximum Gasteiger partial charge on any atom is 0.321 e. The van der Waals surface area contributed by atoms with E-state index in [1.807, 2.05) is 12.1 Å². The van der Waals surface area contributed by atoms with Crippen LogP contribution in [0.1, 0.15) is 18.1 Å². The van der Waals surface area contributed by atoms with Gasteiger partial charge in [-0.15, -0.1) is 0 Å². The molecule has 0 aromatic heterocycles. The minimum atomic E-state index is -0.806. The molecule has 0 spiro atoms. The first-order valence-electron chi connectivity index (χ1n) is 5.15. The van der Waals surface area contributed by atoms with E-state index in [0.29, 0.717) is 6.42 Å². The highest BCUT2D eigenvalue weighted by molar-refractivity contribution is 5.73. The van der Waals surface area contributed by atoms with Gasteiger partial charge in [-0.1, -0.05) is 31.2 Å². The van der Waals surface area contributed by atoms with E-state index < -0.39 is 12.0 Å². The van der Waals surface area contributed by atoms with Gasteiger partial charge in [0.2, 0.25) is 0 Å². The molecule has 0 saturated carbocycles. The molecule has 1 atom stereocenters. The summed E-state index contributed by atoms with van der Waals surface area (Å²) >= 11 is 0. The summed E-state index contributed by atoms with van der Waals surface area (Å²) in [5.41, 5.74) is 2.31. The molecule has 0 aliphatic heterocycles. The summed E-state index contributed by atoms with van der Waals surface area (Å²) in [4.78, 5) is 10.8. The molecule has 2 N–H and O–H groups in total. The lowest BCUT2D eigenvalue weighted by atomic mass is 10.0. The monoisotopic (exact) mass is 207 g/mol. The molecular formula is C12H17NO2. The molecule has 1 aromatic rings. The summed E-state index contributed by atoms with van der Waals surface area (Å²) < 4.78 is 0. The molecule has 3 heteroatoms. The van der Waals surface area contributed by atoms with Gasteiger partial charge < -0.3 is 10.4 Å². The fourth-order valence-electron chi connectivity index (χ4n) is 1.53. The SMILES string of the molecule is CCc1cccc(CC(NC)C(=O)O)c1. The molecule has 1 rings (SSSR count). The van der Waals surface area contributed by atoms with Crippen molar-refractivity contribution in [3.05, 3.63) is 35.4 Å². The van der Waals surface area contributed by atoms with Crippen LogP contribution in [0.2, 0.25) is 0 Å². The summed E-state index contributed by atoms with van der Waals surface area (Å²) in [6.45, 7) is 2.09. The van der Waals surface area contributed by atoms with Crippen molar-refractivity contribution in [2.45, 2.75) is 25.8 Å². The van der Waals surface area contributed by atoms with Crippen molar-refractivity contribution in [2.24, 2.45) is 0 Å². The van der Waals surface area contributed by atoms with Gasteiger partial charge in [0.25, 0.3) is 0 Å². The Bertz CT molecular complexity index is 336. The van der Waals surface area contributed by atoms with Gasteiger partial charge in [-0.3, -0.25) is 4.79 Å². The van der Waals surface area contributed by atoms with Gasteiger partial charge in [-0.25, -0.2) is 0 Å². The summed E-state index contributed by atoms with van der Waals surface area (Å²) in [7, 11) is 1.67. The predicted molar refractivity (Wildman–Crippen MR) is 60.0 cm³/mol. The van der Waals surface area contributed by atoms with Gasteiger partial charge in [0.1, 0.15) is 6.04 Å². The Labute approximate surface area is 90.1 Å². The second-order valence-electron chi connectivity index (χ2n) is 3.56. The van der Waals surface area contributed by atoms with Gasteiger partial charge in [-0.2, -0.15) is 0 Å². The summed E-state index contributed by atoms with van der Waals surface area (Å²) in [6.07, 6.45) is 1.50. The summed E-state index contributed by atoms with van der Waals surface area (Å²) in [5, 5.41) is 11.7. The lowest BCUT2D eigenvalue weighted by Gasteiger charge is -2.11. The van der Waals surface area contributed by atoms with Gasteiger partial charge in [0, 0.05) is 0 Å². The molecule has 0 radical (unpaired) electrons. The zero-order chi connectivity index (χ0) is 11.3. The molecule has 1 unspecified atom stereocenters. The summed E-state index contributed by atoms with van der Waals surface area (Å²) in [5.74, 6) is -0.806. The molecule has 3 nitrogen and oxygen atoms in total. The minimum Gasteiger partial charge on any atom is -0.480 e. The van der Waals surface area contributed by atoms with Crippen molar-refractivity contribution in [3.8, 4) is 0 Å². The molecule has 82 valence electrons. The second-order valence-corrected chi connectivity index (χ2v) is 3.56. The molecule has 0 aliphatic rings. The van der Waals surface area contributed by atoms with E-state index in [0.717, 1.165) is 12.0 Å². The van der Waals surface area contributed by atoms with Crippen molar-refractivity contribution < 1.29 is 9.90 Å². The molecule has 15 heavy (non-hydrogen) atoms. The van der Waals surface area contributed by atoms with Crippen LogP contribution in [0.5, 0.6) is 0 Å². The van der Waals surface area contributed by atoms with E-state index in [-0.39, 0.29) is 0 Å². The number of carboxylic acids is 1. The number of benzene rings is 1. The third-order valence-electron chi connectivity index (χ3n) is 2.49. The fraction of sp³-hybridized carbons (Fsp3) is 0.417. The zero-order valence-electron chi connectivity index (χ0n) is 9.16. The molecular weight excluding hydrogens is 190 g/mol. The lowest BCUT2D eigenvalue weighted by molar-refractivity contribution is -0.139. The summed E-state index contributed by atoms with van der Waals surface area (Å²) in [6, 6.07) is 7.55. The van der Waals surface area contributed by atoms with E-state index in [4.69, 9.17) is 5.11 Å². The predicted octanol–water partition coefficient (Wildman–Crippen LogP) is 1.46. The topological polar surface area (TPSA) is 49.3 Å². The number of nitrogens with one attached hydrogen (secondary N) is 1. The molecule has 0 saturated heterocycles. The van der Waals surface area contributed by atoms with Crippen molar-refractivity contribution in [1.82, 2.24) is 5.32 Å². The number of carboxylic acid groups (broad SMARTS) is 1. The Morgan fingerprint density at radius 1 is 1.47 bits per heavy atom. The maximum absolute atomic E-state index is 10.8. The van der Waals surface area contributed by atoms with Crippen molar-refractivity contribution in [1.29, 1.82) is 0 Å². The van der Waals surface area contributed by atoms with E-state index in [2.05, 4.69) is 24.4 Å². The van der Waals surface area contributed by atoms with Gasteiger partial charge in [0.05, 0.1) is 0 Å². The molecule has 1 aromatic carbocycles. The van der Waals surface area contributed by atoms with Crippen LogP contribution in [0, 0.1) is 0 Å². The van der Waals surface area contributed by atoms with E-state index in [9.17, 15) is 4.79 Å². The highest BCUT2D eigenvalue weighted by Gasteiger charge is 2.14. The second kappa shape index (κ2) is 5.51. The molecule has 0 amide bonds. The highest BCUT2D eigenvalue weighted by Crippen LogP contribution is 2.08. The van der Waals surface area contributed by atoms with Crippen LogP contribution in [0.3, 0.4) is 0 Å². The number of aliphatic carboxylic acids is 1. The largest absolute Gasteiger partial charge is 0.480 e. The first-order chi connectivity index (χ1) is 7.17. The average molecular weight is 207 g/mol. The molecule has 0 aliphatic carbocycles. The molecule has 0 fully saturated rings. The number of aryl methyl sites for hydroxylation is 1. The smallest absolute Gasteiger partial charge is 0.321 e. The van der Waals surface area contributed by atoms with Crippen molar-refractivity contribution in [3.63, 3.8) is 0 Å². The average Bonchev–Trinajstić information content (AvgIpc) is 2.25. The minimum absolute atomic E-state index is 0.503. The number of hydrogen-bond acceptors (Lipinski definition) is 2. The van der Waals surface area contributed by atoms with Crippen LogP contribution >= 0.6 is 0 Å². The molecule has 0 heterocycles. The standard InChI is InChI=1S/C12H17NO2/c1-3-9-5-4-6-10(7-9)8-11(13-2)12(14)15/h4-7,11,13H,3,8H2,1-2H3,(H,14,15). The van der Waals surface area contributed by atoms with E-state index in [1.54, 1.807) is 7.05 Å². The van der Waals surface area contributed by atoms with Crippen LogP contribution in [-0.2, 0) is 17.6 Å². The van der Waals surface area contributed by atoms with Gasteiger partial charge >= 0.3 is 5.97 Å². The first kappa shape index (κ1) is 11.7. The van der Waals surface area contributed by atoms with Crippen molar-refractivity contribution in [2.75, 3.05) is 7.05 Å². The Morgan fingerprint density at radius 2 is 2.13 bits per heavy atom. The molecule has 0 bridgehead atoms. The van der Waals surface area contributed by atoms with Crippen molar-refractivity contribution >= 4 is 5.97 Å². The third-order valence-corrected chi connectivity index (χ3v) is 2.49. The highest BCUT2D eigenvalue weighted by atomic mass is 16.4. The quantitative estimate of drug-likeness (QED) is 0.768. The van der Waals surface area contributed by atoms with E-state index >= 15 is 0 Å². The van der Waals surface area contributed by atoms with E-state index in [1.165, 1.54) is 5.56 Å². The Kier molecular flexibility index (Phi) is 4.31. The number of hydrogen-bond donors (Lipinski definition) is 2. The lowest BCUT2D eigenvalue weighted by Crippen LogP contribution is -2.35. The third kappa shape index (κ3) is 3.36. The van der Waals surface area contributed by atoms with Gasteiger partial charge in [0.15, 0.2) is 0 Å². The zero-order valence-corrected chi connectivity index (χ0v) is 9.16. The Balaban J connectivity index is 2.74. The van der Waals surface area contributed by atoms with Crippen LogP contribution < -0.4 is 5.32 Å². The first-order valence-corrected chi connectivity index (χ1v) is 5.15. The Hall–Kier alpha value is -1.35. The van der Waals surface area contributed by atoms with Crippen LogP contribution in [-0.4, -0.2) is 24.2 Å². The number of likely N-dealkylation sites (N-methyl/N-ethyl adjacent to an activating group) is 1. The normalized spacial score (nSPS) is 12.4. The van der Waals surface area contributed by atoms with Crippen LogP contribution in [0.4, 0.5) is 0 Å². The van der Waals surface area contributed by atoms with Crippen LogP contribution in [0.15, 0.2) is 24.3 Å². The fourth-order valence-corrected chi connectivity index (χ4v) is 1.53. The number of rotatable bonds is 5. The van der Waals surface area contributed by atoms with Crippen LogP contribution in [0.25, 0.3) is 0 Å². The maximum atomic E-state index is 10.8.